The predicted octanol–water partition coefficient (Wildman–Crippen LogP) is 2.11. The first-order valence-electron chi connectivity index (χ1n) is 3.69. The number of allylic oxidation sites excluding steroid dienone is 2. The van der Waals surface area contributed by atoms with E-state index in [4.69, 9.17) is 11.6 Å². The van der Waals surface area contributed by atoms with E-state index in [9.17, 15) is 4.79 Å². The predicted molar refractivity (Wildman–Crippen MR) is 39.8 cm³/mol. The highest BCUT2D eigenvalue weighted by Gasteiger charge is 2.34. The third-order valence-electron chi connectivity index (χ3n) is 2.46. The Morgan fingerprint density at radius 2 is 2.30 bits per heavy atom. The first-order chi connectivity index (χ1) is 4.77. The van der Waals surface area contributed by atoms with E-state index in [1.165, 1.54) is 0 Å². The van der Waals surface area contributed by atoms with Crippen molar-refractivity contribution in [3.8, 4) is 0 Å². The molecule has 0 N–H and O–H groups in total. The normalized spacial score (nSPS) is 38.1. The molecule has 0 aromatic carbocycles. The van der Waals surface area contributed by atoms with Crippen LogP contribution in [0.4, 0.5) is 0 Å². The van der Waals surface area contributed by atoms with Crippen molar-refractivity contribution in [3.63, 3.8) is 0 Å². The number of hydrogen-bond donors (Lipinski definition) is 0. The van der Waals surface area contributed by atoms with Gasteiger partial charge >= 0.3 is 0 Å². The smallest absolute Gasteiger partial charge is 0.176 e. The highest BCUT2D eigenvalue weighted by molar-refractivity contribution is 6.43. The average Bonchev–Trinajstić information content (AvgIpc) is 2.29. The van der Waals surface area contributed by atoms with E-state index in [0.29, 0.717) is 11.0 Å². The van der Waals surface area contributed by atoms with Gasteiger partial charge in [0.15, 0.2) is 5.78 Å². The molecule has 1 nitrogen and oxygen atoms in total. The third-order valence-corrected chi connectivity index (χ3v) is 2.77. The van der Waals surface area contributed by atoms with Gasteiger partial charge in [0.05, 0.1) is 5.03 Å². The molecule has 2 aliphatic rings. The molecule has 0 spiro atoms. The Labute approximate surface area is 65.1 Å². The lowest BCUT2D eigenvalue weighted by Gasteiger charge is -2.12. The number of hydrogen-bond acceptors (Lipinski definition) is 1. The van der Waals surface area contributed by atoms with Crippen LogP contribution in [0.3, 0.4) is 0 Å². The number of Topliss-reactive ketones (excluding diaryl/α,β-unsaturated/α-hetero) is 1. The Bertz CT molecular complexity index is 207. The maximum atomic E-state index is 11.2. The SMILES string of the molecule is O=C1C(Cl)=C[C@@H]2CC[C@H]1C2. The van der Waals surface area contributed by atoms with E-state index < -0.39 is 0 Å². The highest BCUT2D eigenvalue weighted by Crippen LogP contribution is 2.39. The lowest BCUT2D eigenvalue weighted by atomic mass is 9.94. The molecular weight excluding hydrogens is 148 g/mol. The molecule has 0 aromatic heterocycles. The minimum absolute atomic E-state index is 0.176. The van der Waals surface area contributed by atoms with Gasteiger partial charge < -0.3 is 0 Å². The second-order valence-corrected chi connectivity index (χ2v) is 3.56. The van der Waals surface area contributed by atoms with Crippen molar-refractivity contribution in [3.05, 3.63) is 11.1 Å². The monoisotopic (exact) mass is 156 g/mol. The molecule has 0 aliphatic heterocycles. The maximum Gasteiger partial charge on any atom is 0.176 e. The van der Waals surface area contributed by atoms with Gasteiger partial charge in [0, 0.05) is 5.92 Å². The zero-order chi connectivity index (χ0) is 7.14. The fourth-order valence-corrected chi connectivity index (χ4v) is 2.22. The third kappa shape index (κ3) is 0.807. The van der Waals surface area contributed by atoms with Crippen LogP contribution in [-0.2, 0) is 4.79 Å². The summed E-state index contributed by atoms with van der Waals surface area (Å²) in [5.74, 6) is 1.05. The van der Waals surface area contributed by atoms with Gasteiger partial charge in [-0.05, 0) is 25.2 Å². The minimum atomic E-state index is 0.176. The Hall–Kier alpha value is -0.300. The summed E-state index contributed by atoms with van der Waals surface area (Å²) in [4.78, 5) is 11.2. The van der Waals surface area contributed by atoms with Crippen molar-refractivity contribution < 1.29 is 4.79 Å². The summed E-state index contributed by atoms with van der Waals surface area (Å²) in [7, 11) is 0. The maximum absolute atomic E-state index is 11.2. The second kappa shape index (κ2) is 2.09. The summed E-state index contributed by atoms with van der Waals surface area (Å²) in [5.41, 5.74) is 0. The topological polar surface area (TPSA) is 17.1 Å². The molecule has 10 heavy (non-hydrogen) atoms. The average molecular weight is 157 g/mol. The van der Waals surface area contributed by atoms with Crippen molar-refractivity contribution in [2.75, 3.05) is 0 Å². The minimum Gasteiger partial charge on any atom is -0.293 e. The Morgan fingerprint density at radius 1 is 1.50 bits per heavy atom. The van der Waals surface area contributed by atoms with Crippen LogP contribution in [0.1, 0.15) is 19.3 Å². The lowest BCUT2D eigenvalue weighted by Crippen LogP contribution is -2.15. The fourth-order valence-electron chi connectivity index (χ4n) is 1.89. The zero-order valence-electron chi connectivity index (χ0n) is 5.64. The molecule has 2 atom stereocenters. The summed E-state index contributed by atoms with van der Waals surface area (Å²) < 4.78 is 0. The van der Waals surface area contributed by atoms with E-state index in [-0.39, 0.29) is 11.7 Å². The molecule has 0 amide bonds. The first kappa shape index (κ1) is 6.41. The summed E-state index contributed by atoms with van der Waals surface area (Å²) in [5, 5.41) is 0.485. The molecule has 0 saturated heterocycles. The van der Waals surface area contributed by atoms with Crippen molar-refractivity contribution in [1.29, 1.82) is 0 Å². The molecule has 2 bridgehead atoms. The van der Waals surface area contributed by atoms with Gasteiger partial charge in [-0.1, -0.05) is 17.7 Å². The molecule has 54 valence electrons. The van der Waals surface area contributed by atoms with Crippen LogP contribution in [0.5, 0.6) is 0 Å². The largest absolute Gasteiger partial charge is 0.293 e. The first-order valence-corrected chi connectivity index (χ1v) is 4.06. The van der Waals surface area contributed by atoms with Gasteiger partial charge in [0.2, 0.25) is 0 Å². The van der Waals surface area contributed by atoms with E-state index in [2.05, 4.69) is 0 Å². The van der Waals surface area contributed by atoms with Crippen LogP contribution in [0.2, 0.25) is 0 Å². The Balaban J connectivity index is 2.33. The summed E-state index contributed by atoms with van der Waals surface area (Å²) in [6.07, 6.45) is 5.19. The van der Waals surface area contributed by atoms with Crippen molar-refractivity contribution in [1.82, 2.24) is 0 Å². The van der Waals surface area contributed by atoms with Crippen molar-refractivity contribution >= 4 is 17.4 Å². The summed E-state index contributed by atoms with van der Waals surface area (Å²) in [6.45, 7) is 0. The molecule has 1 saturated carbocycles. The summed E-state index contributed by atoms with van der Waals surface area (Å²) in [6, 6.07) is 0. The lowest BCUT2D eigenvalue weighted by molar-refractivity contribution is -0.118. The number of ketones is 1. The standard InChI is InChI=1S/C8H9ClO/c9-7-4-5-1-2-6(3-5)8(7)10/h4-6H,1-3H2/t5-,6+/m1/s1. The zero-order valence-corrected chi connectivity index (χ0v) is 6.40. The van der Waals surface area contributed by atoms with E-state index in [0.717, 1.165) is 19.3 Å². The molecule has 0 aromatic rings. The highest BCUT2D eigenvalue weighted by atomic mass is 35.5. The fraction of sp³-hybridized carbons (Fsp3) is 0.625. The number of carbonyl (C=O) groups is 1. The van der Waals surface area contributed by atoms with Crippen molar-refractivity contribution in [2.45, 2.75) is 19.3 Å². The molecule has 2 aliphatic carbocycles. The van der Waals surface area contributed by atoms with E-state index in [1.54, 1.807) is 0 Å². The van der Waals surface area contributed by atoms with Crippen LogP contribution in [-0.4, -0.2) is 5.78 Å². The number of carbonyl (C=O) groups excluding carboxylic acids is 1. The molecular formula is C8H9ClO. The number of rotatable bonds is 0. The molecule has 0 heterocycles. The summed E-state index contributed by atoms with van der Waals surface area (Å²) >= 11 is 5.71. The molecule has 1 fully saturated rings. The van der Waals surface area contributed by atoms with Crippen molar-refractivity contribution in [2.24, 2.45) is 11.8 Å². The van der Waals surface area contributed by atoms with Gasteiger partial charge in [0.25, 0.3) is 0 Å². The van der Waals surface area contributed by atoms with Crippen LogP contribution in [0.25, 0.3) is 0 Å². The van der Waals surface area contributed by atoms with E-state index in [1.807, 2.05) is 6.08 Å². The van der Waals surface area contributed by atoms with Gasteiger partial charge in [-0.25, -0.2) is 0 Å². The van der Waals surface area contributed by atoms with Crippen LogP contribution >= 0.6 is 11.6 Å². The van der Waals surface area contributed by atoms with Crippen LogP contribution in [0, 0.1) is 11.8 Å². The molecule has 2 rings (SSSR count). The quantitative estimate of drug-likeness (QED) is 0.525. The van der Waals surface area contributed by atoms with Gasteiger partial charge in [-0.15, -0.1) is 0 Å². The molecule has 0 radical (unpaired) electrons. The Morgan fingerprint density at radius 3 is 3.10 bits per heavy atom. The van der Waals surface area contributed by atoms with Gasteiger partial charge in [-0.2, -0.15) is 0 Å². The molecule has 2 heteroatoms. The van der Waals surface area contributed by atoms with Gasteiger partial charge in [-0.3, -0.25) is 4.79 Å². The second-order valence-electron chi connectivity index (χ2n) is 3.15. The number of halogens is 1. The van der Waals surface area contributed by atoms with Crippen LogP contribution in [0.15, 0.2) is 11.1 Å². The van der Waals surface area contributed by atoms with Gasteiger partial charge in [0.1, 0.15) is 0 Å². The van der Waals surface area contributed by atoms with E-state index >= 15 is 0 Å². The Kier molecular flexibility index (Phi) is 1.34. The number of fused-ring (bicyclic) bond motifs is 2. The molecule has 0 unspecified atom stereocenters. The van der Waals surface area contributed by atoms with Crippen LogP contribution < -0.4 is 0 Å².